The molecule has 0 bridgehead atoms. The highest BCUT2D eigenvalue weighted by Gasteiger charge is 2.17. The Bertz CT molecular complexity index is 1840. The molecule has 0 saturated heterocycles. The summed E-state index contributed by atoms with van der Waals surface area (Å²) in [5.74, 6) is -2.61. The van der Waals surface area contributed by atoms with Gasteiger partial charge in [-0.15, -0.1) is 0 Å². The normalized spacial score (nSPS) is 10.7. The van der Waals surface area contributed by atoms with Crippen LogP contribution < -0.4 is 4.74 Å². The van der Waals surface area contributed by atoms with Crippen LogP contribution in [0, 0.1) is 44.0 Å². The summed E-state index contributed by atoms with van der Waals surface area (Å²) in [6.45, 7) is 5.87. The number of aryl methyl sites for hydroxylation is 3. The Morgan fingerprint density at radius 2 is 0.556 bits per heavy atom. The number of halogens is 4. The van der Waals surface area contributed by atoms with Gasteiger partial charge >= 0.3 is 0 Å². The number of methoxy groups -OCH3 is 1. The predicted molar refractivity (Wildman–Crippen MR) is 175 cm³/mol. The first-order valence-electron chi connectivity index (χ1n) is 14.5. The first kappa shape index (κ1) is 31.3. The molecule has 0 heterocycles. The summed E-state index contributed by atoms with van der Waals surface area (Å²) in [4.78, 5) is 0. The second kappa shape index (κ2) is 13.6. The van der Waals surface area contributed by atoms with Crippen LogP contribution in [-0.4, -0.2) is 7.11 Å². The molecule has 6 aromatic rings. The second-order valence-corrected chi connectivity index (χ2v) is 10.9. The van der Waals surface area contributed by atoms with Gasteiger partial charge in [0.05, 0.1) is 7.11 Å². The van der Waals surface area contributed by atoms with Crippen LogP contribution in [0.5, 0.6) is 5.75 Å². The maximum absolute atomic E-state index is 14.5. The molecular weight excluding hydrogens is 572 g/mol. The molecule has 6 aromatic carbocycles. The van der Waals surface area contributed by atoms with Crippen molar-refractivity contribution in [3.8, 4) is 50.3 Å². The summed E-state index contributed by atoms with van der Waals surface area (Å²) < 4.78 is 62.9. The van der Waals surface area contributed by atoms with Crippen molar-refractivity contribution in [2.24, 2.45) is 0 Å². The largest absolute Gasteiger partial charge is 0.497 e. The quantitative estimate of drug-likeness (QED) is 0.178. The van der Waals surface area contributed by atoms with Gasteiger partial charge in [-0.3, -0.25) is 0 Å². The molecular formula is C40H32F4O. The smallest absolute Gasteiger partial charge is 0.167 e. The van der Waals surface area contributed by atoms with Gasteiger partial charge in [-0.2, -0.15) is 0 Å². The van der Waals surface area contributed by atoms with E-state index < -0.39 is 23.3 Å². The van der Waals surface area contributed by atoms with Crippen molar-refractivity contribution in [2.45, 2.75) is 20.8 Å². The molecule has 0 aliphatic rings. The summed E-state index contributed by atoms with van der Waals surface area (Å²) >= 11 is 0. The molecule has 0 aliphatic carbocycles. The first-order chi connectivity index (χ1) is 21.7. The van der Waals surface area contributed by atoms with E-state index in [1.165, 1.54) is 0 Å². The monoisotopic (exact) mass is 604 g/mol. The van der Waals surface area contributed by atoms with Crippen molar-refractivity contribution in [1.82, 2.24) is 0 Å². The van der Waals surface area contributed by atoms with Gasteiger partial charge < -0.3 is 4.74 Å². The minimum atomic E-state index is -0.840. The van der Waals surface area contributed by atoms with Crippen LogP contribution in [0.25, 0.3) is 44.5 Å². The van der Waals surface area contributed by atoms with Crippen LogP contribution in [0.4, 0.5) is 17.6 Å². The molecule has 45 heavy (non-hydrogen) atoms. The number of ether oxygens (including phenoxy) is 1. The van der Waals surface area contributed by atoms with Gasteiger partial charge in [-0.05, 0) is 55.2 Å². The van der Waals surface area contributed by atoms with Gasteiger partial charge in [-0.25, -0.2) is 17.6 Å². The molecule has 0 spiro atoms. The second-order valence-electron chi connectivity index (χ2n) is 10.9. The van der Waals surface area contributed by atoms with Crippen LogP contribution in [0.15, 0.2) is 121 Å². The number of benzene rings is 6. The van der Waals surface area contributed by atoms with Crippen molar-refractivity contribution in [3.63, 3.8) is 0 Å². The third kappa shape index (κ3) is 6.99. The van der Waals surface area contributed by atoms with Crippen molar-refractivity contribution in [3.05, 3.63) is 161 Å². The lowest BCUT2D eigenvalue weighted by molar-refractivity contribution is 0.415. The van der Waals surface area contributed by atoms with E-state index in [0.29, 0.717) is 28.0 Å². The zero-order valence-electron chi connectivity index (χ0n) is 25.5. The van der Waals surface area contributed by atoms with Crippen molar-refractivity contribution < 1.29 is 22.3 Å². The van der Waals surface area contributed by atoms with Gasteiger partial charge in [0.15, 0.2) is 23.3 Å². The number of hydrogen-bond donors (Lipinski definition) is 0. The first-order valence-corrected chi connectivity index (χ1v) is 14.5. The third-order valence-corrected chi connectivity index (χ3v) is 7.65. The lowest BCUT2D eigenvalue weighted by atomic mass is 9.98. The SMILES string of the molecule is COc1ccc(-c2ccc(-c3ccc(C)cc3)c(F)c2F)cc1.Cc1ccc(-c2ccc(-c3ccc(C)cc3)c(F)c2F)cc1. The van der Waals surface area contributed by atoms with E-state index in [0.717, 1.165) is 16.7 Å². The maximum Gasteiger partial charge on any atom is 0.167 e. The van der Waals surface area contributed by atoms with Crippen LogP contribution in [0.1, 0.15) is 16.7 Å². The topological polar surface area (TPSA) is 9.23 Å². The van der Waals surface area contributed by atoms with Gasteiger partial charge in [0.2, 0.25) is 0 Å². The summed E-state index contributed by atoms with van der Waals surface area (Å²) in [6, 6.07) is 35.5. The molecule has 0 aliphatic heterocycles. The molecule has 1 nitrogen and oxygen atoms in total. The fourth-order valence-electron chi connectivity index (χ4n) is 4.96. The number of rotatable bonds is 5. The predicted octanol–water partition coefficient (Wildman–Crippen LogP) is 11.5. The van der Waals surface area contributed by atoms with Gasteiger partial charge in [-0.1, -0.05) is 126 Å². The molecule has 0 fully saturated rings. The molecule has 0 unspecified atom stereocenters. The van der Waals surface area contributed by atoms with Crippen molar-refractivity contribution >= 4 is 0 Å². The number of hydrogen-bond acceptors (Lipinski definition) is 1. The Labute approximate surface area is 261 Å². The molecule has 0 N–H and O–H groups in total. The molecule has 0 aromatic heterocycles. The van der Waals surface area contributed by atoms with E-state index in [-0.39, 0.29) is 22.3 Å². The Kier molecular flexibility index (Phi) is 9.48. The van der Waals surface area contributed by atoms with Crippen molar-refractivity contribution in [2.75, 3.05) is 7.11 Å². The van der Waals surface area contributed by atoms with Crippen LogP contribution in [0.3, 0.4) is 0 Å². The molecule has 0 amide bonds. The van der Waals surface area contributed by atoms with E-state index >= 15 is 0 Å². The molecule has 0 atom stereocenters. The minimum Gasteiger partial charge on any atom is -0.497 e. The summed E-state index contributed by atoms with van der Waals surface area (Å²) in [6.07, 6.45) is 0. The zero-order valence-corrected chi connectivity index (χ0v) is 25.5. The molecule has 5 heteroatoms. The van der Waals surface area contributed by atoms with Crippen molar-refractivity contribution in [1.29, 1.82) is 0 Å². The van der Waals surface area contributed by atoms with Gasteiger partial charge in [0.1, 0.15) is 5.75 Å². The Balaban J connectivity index is 0.000000178. The Hall–Kier alpha value is -5.16. The lowest BCUT2D eigenvalue weighted by Crippen LogP contribution is -1.94. The Morgan fingerprint density at radius 1 is 0.333 bits per heavy atom. The minimum absolute atomic E-state index is 0.237. The highest BCUT2D eigenvalue weighted by atomic mass is 19.2. The zero-order chi connectivity index (χ0) is 32.1. The van der Waals surface area contributed by atoms with E-state index in [4.69, 9.17) is 4.74 Å². The maximum atomic E-state index is 14.5. The van der Waals surface area contributed by atoms with E-state index in [9.17, 15) is 17.6 Å². The average Bonchev–Trinajstić information content (AvgIpc) is 3.06. The molecule has 0 saturated carbocycles. The third-order valence-electron chi connectivity index (χ3n) is 7.65. The van der Waals surface area contributed by atoms with Gasteiger partial charge in [0.25, 0.3) is 0 Å². The van der Waals surface area contributed by atoms with E-state index in [1.54, 1.807) is 92.0 Å². The van der Waals surface area contributed by atoms with E-state index in [2.05, 4.69) is 0 Å². The standard InChI is InChI=1S/C20H16F2O.C20H16F2/c1-13-3-5-14(6-4-13)17-11-12-18(20(22)19(17)21)15-7-9-16(23-2)10-8-15;1-13-3-7-15(8-4-13)17-11-12-18(20(22)19(17)21)16-9-5-14(2)6-10-16/h3-12H,1-2H3;3-12H,1-2H3. The fraction of sp³-hybridized carbons (Fsp3) is 0.100. The highest BCUT2D eigenvalue weighted by molar-refractivity contribution is 5.73. The summed E-state index contributed by atoms with van der Waals surface area (Å²) in [5.41, 5.74) is 6.94. The molecule has 6 rings (SSSR count). The summed E-state index contributed by atoms with van der Waals surface area (Å²) in [7, 11) is 1.56. The molecule has 0 radical (unpaired) electrons. The van der Waals surface area contributed by atoms with Crippen LogP contribution in [-0.2, 0) is 0 Å². The van der Waals surface area contributed by atoms with Crippen LogP contribution >= 0.6 is 0 Å². The lowest BCUT2D eigenvalue weighted by Gasteiger charge is -2.10. The summed E-state index contributed by atoms with van der Waals surface area (Å²) in [5, 5.41) is 0. The van der Waals surface area contributed by atoms with E-state index in [1.807, 2.05) is 57.2 Å². The van der Waals surface area contributed by atoms with Crippen LogP contribution in [0.2, 0.25) is 0 Å². The molecule has 226 valence electrons. The Morgan fingerprint density at radius 3 is 0.778 bits per heavy atom. The highest BCUT2D eigenvalue weighted by Crippen LogP contribution is 2.33. The van der Waals surface area contributed by atoms with Gasteiger partial charge in [0, 0.05) is 22.3 Å². The average molecular weight is 605 g/mol. The fourth-order valence-corrected chi connectivity index (χ4v) is 4.96.